The number of hydrogen-bond acceptors (Lipinski definition) is 2. The molecular weight excluding hydrogens is 298 g/mol. The summed E-state index contributed by atoms with van der Waals surface area (Å²) in [6.45, 7) is 0. The Morgan fingerprint density at radius 2 is 1.67 bits per heavy atom. The Balaban J connectivity index is 2.18. The van der Waals surface area contributed by atoms with Crippen molar-refractivity contribution >= 4 is 11.6 Å². The fraction of sp³-hybridized carbons (Fsp3) is 0.250. The van der Waals surface area contributed by atoms with Gasteiger partial charge in [0.25, 0.3) is 0 Å². The van der Waals surface area contributed by atoms with Gasteiger partial charge in [0.05, 0.1) is 19.6 Å². The van der Waals surface area contributed by atoms with Crippen LogP contribution in [-0.2, 0) is 6.42 Å². The van der Waals surface area contributed by atoms with Crippen LogP contribution in [0.15, 0.2) is 36.4 Å². The van der Waals surface area contributed by atoms with Crippen LogP contribution < -0.4 is 9.47 Å². The van der Waals surface area contributed by atoms with E-state index in [0.29, 0.717) is 23.5 Å². The molecule has 0 heterocycles. The lowest BCUT2D eigenvalue weighted by Crippen LogP contribution is -1.99. The topological polar surface area (TPSA) is 18.5 Å². The third-order valence-corrected chi connectivity index (χ3v) is 3.57. The van der Waals surface area contributed by atoms with E-state index in [1.54, 1.807) is 20.3 Å². The van der Waals surface area contributed by atoms with Gasteiger partial charge in [-0.1, -0.05) is 12.1 Å². The molecule has 0 amide bonds. The summed E-state index contributed by atoms with van der Waals surface area (Å²) in [5, 5.41) is -0.460. The van der Waals surface area contributed by atoms with Gasteiger partial charge in [0.2, 0.25) is 0 Å². The average molecular weight is 313 g/mol. The van der Waals surface area contributed by atoms with Gasteiger partial charge in [-0.05, 0) is 41.8 Å². The second-order valence-corrected chi connectivity index (χ2v) is 5.06. The minimum atomic E-state index is -0.898. The quantitative estimate of drug-likeness (QED) is 0.757. The first-order chi connectivity index (χ1) is 10.0. The number of rotatable bonds is 5. The van der Waals surface area contributed by atoms with Crippen LogP contribution >= 0.6 is 11.6 Å². The van der Waals surface area contributed by atoms with Gasteiger partial charge in [0.15, 0.2) is 23.1 Å². The number of hydrogen-bond donors (Lipinski definition) is 0. The molecule has 0 radical (unpaired) electrons. The molecule has 0 N–H and O–H groups in total. The van der Waals surface area contributed by atoms with Crippen LogP contribution in [0.2, 0.25) is 0 Å². The van der Waals surface area contributed by atoms with Crippen molar-refractivity contribution in [3.05, 3.63) is 59.2 Å². The summed E-state index contributed by atoms with van der Waals surface area (Å²) in [6, 6.07) is 9.13. The van der Waals surface area contributed by atoms with Gasteiger partial charge in [-0.15, -0.1) is 11.6 Å². The van der Waals surface area contributed by atoms with Crippen molar-refractivity contribution in [1.82, 2.24) is 0 Å². The van der Waals surface area contributed by atoms with Crippen molar-refractivity contribution in [3.8, 4) is 11.5 Å². The van der Waals surface area contributed by atoms with E-state index in [0.717, 1.165) is 17.7 Å². The van der Waals surface area contributed by atoms with Crippen LogP contribution in [0.1, 0.15) is 16.5 Å². The molecule has 21 heavy (non-hydrogen) atoms. The van der Waals surface area contributed by atoms with Crippen LogP contribution in [0.25, 0.3) is 0 Å². The zero-order valence-corrected chi connectivity index (χ0v) is 12.5. The summed E-state index contributed by atoms with van der Waals surface area (Å²) in [7, 11) is 3.11. The van der Waals surface area contributed by atoms with E-state index in [4.69, 9.17) is 21.1 Å². The first-order valence-electron chi connectivity index (χ1n) is 6.35. The molecule has 2 rings (SSSR count). The Kier molecular flexibility index (Phi) is 5.02. The number of alkyl halides is 1. The molecule has 0 aliphatic carbocycles. The van der Waals surface area contributed by atoms with E-state index in [1.807, 2.05) is 12.1 Å². The molecule has 0 aliphatic rings. The second kappa shape index (κ2) is 6.76. The molecular formula is C16H15ClF2O2. The average Bonchev–Trinajstić information content (AvgIpc) is 2.49. The molecule has 1 atom stereocenters. The zero-order chi connectivity index (χ0) is 15.4. The molecule has 2 aromatic carbocycles. The lowest BCUT2D eigenvalue weighted by Gasteiger charge is -2.13. The van der Waals surface area contributed by atoms with Gasteiger partial charge in [-0.3, -0.25) is 0 Å². The van der Waals surface area contributed by atoms with Crippen molar-refractivity contribution in [3.63, 3.8) is 0 Å². The highest BCUT2D eigenvalue weighted by Gasteiger charge is 2.13. The third-order valence-electron chi connectivity index (χ3n) is 3.17. The molecule has 0 aliphatic heterocycles. The van der Waals surface area contributed by atoms with Crippen molar-refractivity contribution in [2.24, 2.45) is 0 Å². The summed E-state index contributed by atoms with van der Waals surface area (Å²) in [5.74, 6) is -0.552. The fourth-order valence-electron chi connectivity index (χ4n) is 2.04. The molecule has 1 unspecified atom stereocenters. The molecule has 0 saturated carbocycles. The Bertz CT molecular complexity index is 632. The molecule has 0 aromatic heterocycles. The predicted molar refractivity (Wildman–Crippen MR) is 78.2 cm³/mol. The SMILES string of the molecule is COc1ccc(CC(Cl)c2ccc(F)c(F)c2)cc1OC. The van der Waals surface area contributed by atoms with Crippen molar-refractivity contribution in [2.75, 3.05) is 14.2 Å². The van der Waals surface area contributed by atoms with Gasteiger partial charge in [-0.25, -0.2) is 8.78 Å². The molecule has 0 bridgehead atoms. The maximum atomic E-state index is 13.2. The smallest absolute Gasteiger partial charge is 0.160 e. The van der Waals surface area contributed by atoms with Gasteiger partial charge in [0.1, 0.15) is 0 Å². The van der Waals surface area contributed by atoms with E-state index < -0.39 is 17.0 Å². The summed E-state index contributed by atoms with van der Waals surface area (Å²) in [5.41, 5.74) is 1.45. The fourth-order valence-corrected chi connectivity index (χ4v) is 2.35. The van der Waals surface area contributed by atoms with Crippen molar-refractivity contribution < 1.29 is 18.3 Å². The lowest BCUT2D eigenvalue weighted by molar-refractivity contribution is 0.354. The highest BCUT2D eigenvalue weighted by Crippen LogP contribution is 2.31. The van der Waals surface area contributed by atoms with E-state index >= 15 is 0 Å². The minimum absolute atomic E-state index is 0.460. The molecule has 0 fully saturated rings. The monoisotopic (exact) mass is 312 g/mol. The van der Waals surface area contributed by atoms with E-state index in [2.05, 4.69) is 0 Å². The molecule has 2 nitrogen and oxygen atoms in total. The zero-order valence-electron chi connectivity index (χ0n) is 11.7. The largest absolute Gasteiger partial charge is 0.493 e. The summed E-state index contributed by atoms with van der Waals surface area (Å²) in [4.78, 5) is 0. The Hall–Kier alpha value is -1.81. The van der Waals surface area contributed by atoms with E-state index in [-0.39, 0.29) is 0 Å². The van der Waals surface area contributed by atoms with Crippen LogP contribution in [0, 0.1) is 11.6 Å². The Morgan fingerprint density at radius 1 is 0.952 bits per heavy atom. The van der Waals surface area contributed by atoms with Gasteiger partial charge >= 0.3 is 0 Å². The Morgan fingerprint density at radius 3 is 2.29 bits per heavy atom. The number of methoxy groups -OCH3 is 2. The van der Waals surface area contributed by atoms with Crippen LogP contribution in [0.3, 0.4) is 0 Å². The second-order valence-electron chi connectivity index (χ2n) is 4.53. The Labute approximate surface area is 127 Å². The maximum Gasteiger partial charge on any atom is 0.160 e. The summed E-state index contributed by atoms with van der Waals surface area (Å²) >= 11 is 6.27. The third kappa shape index (κ3) is 3.64. The first-order valence-corrected chi connectivity index (χ1v) is 6.78. The number of halogens is 3. The van der Waals surface area contributed by atoms with E-state index in [1.165, 1.54) is 6.07 Å². The molecule has 0 spiro atoms. The highest BCUT2D eigenvalue weighted by atomic mass is 35.5. The molecule has 0 saturated heterocycles. The normalized spacial score (nSPS) is 12.0. The van der Waals surface area contributed by atoms with Gasteiger partial charge < -0.3 is 9.47 Å². The van der Waals surface area contributed by atoms with Crippen molar-refractivity contribution in [2.45, 2.75) is 11.8 Å². The van der Waals surface area contributed by atoms with E-state index in [9.17, 15) is 8.78 Å². The molecule has 112 valence electrons. The van der Waals surface area contributed by atoms with Crippen molar-refractivity contribution in [1.29, 1.82) is 0 Å². The van der Waals surface area contributed by atoms with Crippen LogP contribution in [0.5, 0.6) is 11.5 Å². The predicted octanol–water partition coefficient (Wildman–Crippen LogP) is 4.50. The molecule has 2 aromatic rings. The van der Waals surface area contributed by atoms with Crippen LogP contribution in [0.4, 0.5) is 8.78 Å². The number of ether oxygens (including phenoxy) is 2. The summed E-state index contributed by atoms with van der Waals surface area (Å²) < 4.78 is 36.5. The molecule has 5 heteroatoms. The minimum Gasteiger partial charge on any atom is -0.493 e. The standard InChI is InChI=1S/C16H15ClF2O2/c1-20-15-6-3-10(8-16(15)21-2)7-12(17)11-4-5-13(18)14(19)9-11/h3-6,8-9,12H,7H2,1-2H3. The highest BCUT2D eigenvalue weighted by molar-refractivity contribution is 6.20. The van der Waals surface area contributed by atoms with Gasteiger partial charge in [-0.2, -0.15) is 0 Å². The van der Waals surface area contributed by atoms with Gasteiger partial charge in [0, 0.05) is 0 Å². The maximum absolute atomic E-state index is 13.2. The summed E-state index contributed by atoms with van der Waals surface area (Å²) in [6.07, 6.45) is 0.465. The lowest BCUT2D eigenvalue weighted by atomic mass is 10.0. The number of benzene rings is 2. The first kappa shape index (κ1) is 15.6. The van der Waals surface area contributed by atoms with Crippen LogP contribution in [-0.4, -0.2) is 14.2 Å².